The van der Waals surface area contributed by atoms with Gasteiger partial charge in [-0.05, 0) is 71.3 Å². The number of hydrogen-bond acceptors (Lipinski definition) is 3. The molecule has 4 heteroatoms. The maximum absolute atomic E-state index is 12.2. The van der Waals surface area contributed by atoms with Gasteiger partial charge in [-0.2, -0.15) is 0 Å². The van der Waals surface area contributed by atoms with Gasteiger partial charge in [0.2, 0.25) is 5.91 Å². The molecule has 0 spiro atoms. The molecule has 1 heterocycles. The SMILES string of the molecule is CCOc1cccc(CN2CCC(C(=O)NC(C)(C)C)CC2)c1. The first kappa shape index (κ1) is 17.8. The first-order chi connectivity index (χ1) is 10.9. The van der Waals surface area contributed by atoms with Gasteiger partial charge in [0.25, 0.3) is 0 Å². The van der Waals surface area contributed by atoms with Crippen LogP contribution < -0.4 is 10.1 Å². The molecule has 0 bridgehead atoms. The summed E-state index contributed by atoms with van der Waals surface area (Å²) in [5, 5.41) is 3.10. The molecule has 0 aliphatic carbocycles. The Balaban J connectivity index is 1.83. The van der Waals surface area contributed by atoms with E-state index in [1.165, 1.54) is 5.56 Å². The van der Waals surface area contributed by atoms with Gasteiger partial charge in [-0.3, -0.25) is 9.69 Å². The monoisotopic (exact) mass is 318 g/mol. The molecule has 128 valence electrons. The average Bonchev–Trinajstić information content (AvgIpc) is 2.47. The van der Waals surface area contributed by atoms with Crippen molar-refractivity contribution < 1.29 is 9.53 Å². The van der Waals surface area contributed by atoms with Gasteiger partial charge in [-0.15, -0.1) is 0 Å². The molecule has 0 radical (unpaired) electrons. The highest BCUT2D eigenvalue weighted by Crippen LogP contribution is 2.21. The Kier molecular flexibility index (Phi) is 6.05. The molecule has 0 aromatic heterocycles. The highest BCUT2D eigenvalue weighted by molar-refractivity contribution is 5.79. The fourth-order valence-electron chi connectivity index (χ4n) is 2.98. The Bertz CT molecular complexity index is 514. The van der Waals surface area contributed by atoms with E-state index >= 15 is 0 Å². The lowest BCUT2D eigenvalue weighted by Gasteiger charge is -2.33. The van der Waals surface area contributed by atoms with Gasteiger partial charge in [0.05, 0.1) is 6.61 Å². The molecule has 1 aromatic carbocycles. The number of rotatable bonds is 5. The number of benzene rings is 1. The summed E-state index contributed by atoms with van der Waals surface area (Å²) >= 11 is 0. The molecule has 1 N–H and O–H groups in total. The second-order valence-electron chi connectivity index (χ2n) is 7.37. The van der Waals surface area contributed by atoms with E-state index in [2.05, 4.69) is 22.3 Å². The highest BCUT2D eigenvalue weighted by atomic mass is 16.5. The van der Waals surface area contributed by atoms with Crippen molar-refractivity contribution in [2.75, 3.05) is 19.7 Å². The van der Waals surface area contributed by atoms with Crippen LogP contribution in [0.25, 0.3) is 0 Å². The molecular formula is C19H30N2O2. The maximum Gasteiger partial charge on any atom is 0.223 e. The molecule has 1 aliphatic heterocycles. The first-order valence-corrected chi connectivity index (χ1v) is 8.63. The molecule has 1 saturated heterocycles. The van der Waals surface area contributed by atoms with Gasteiger partial charge in [0.1, 0.15) is 5.75 Å². The minimum absolute atomic E-state index is 0.145. The summed E-state index contributed by atoms with van der Waals surface area (Å²) in [6.45, 7) is 11.7. The minimum Gasteiger partial charge on any atom is -0.494 e. The van der Waals surface area contributed by atoms with Crippen LogP contribution in [0.5, 0.6) is 5.75 Å². The van der Waals surface area contributed by atoms with E-state index in [9.17, 15) is 4.79 Å². The van der Waals surface area contributed by atoms with Gasteiger partial charge >= 0.3 is 0 Å². The normalized spacial score (nSPS) is 17.0. The average molecular weight is 318 g/mol. The Morgan fingerprint density at radius 2 is 2.00 bits per heavy atom. The van der Waals surface area contributed by atoms with Crippen LogP contribution in [-0.2, 0) is 11.3 Å². The molecule has 0 saturated carbocycles. The van der Waals surface area contributed by atoms with Crippen LogP contribution in [0.4, 0.5) is 0 Å². The minimum atomic E-state index is -0.145. The molecule has 1 aliphatic rings. The summed E-state index contributed by atoms with van der Waals surface area (Å²) in [6.07, 6.45) is 1.88. The smallest absolute Gasteiger partial charge is 0.223 e. The van der Waals surface area contributed by atoms with E-state index in [-0.39, 0.29) is 17.4 Å². The predicted octanol–water partition coefficient (Wildman–Crippen LogP) is 3.21. The zero-order valence-electron chi connectivity index (χ0n) is 14.9. The lowest BCUT2D eigenvalue weighted by Crippen LogP contribution is -2.46. The van der Waals surface area contributed by atoms with E-state index in [0.717, 1.165) is 38.2 Å². The van der Waals surface area contributed by atoms with Crippen LogP contribution >= 0.6 is 0 Å². The van der Waals surface area contributed by atoms with E-state index < -0.39 is 0 Å². The van der Waals surface area contributed by atoms with Gasteiger partial charge < -0.3 is 10.1 Å². The number of carbonyl (C=O) groups is 1. The first-order valence-electron chi connectivity index (χ1n) is 8.63. The number of carbonyl (C=O) groups excluding carboxylic acids is 1. The Morgan fingerprint density at radius 1 is 1.30 bits per heavy atom. The van der Waals surface area contributed by atoms with Crippen LogP contribution in [0, 0.1) is 5.92 Å². The van der Waals surface area contributed by atoms with Crippen molar-refractivity contribution in [3.05, 3.63) is 29.8 Å². The van der Waals surface area contributed by atoms with Gasteiger partial charge in [-0.1, -0.05) is 12.1 Å². The number of ether oxygens (including phenoxy) is 1. The highest BCUT2D eigenvalue weighted by Gasteiger charge is 2.27. The third-order valence-electron chi connectivity index (χ3n) is 4.07. The molecular weight excluding hydrogens is 288 g/mol. The zero-order chi connectivity index (χ0) is 16.9. The Labute approximate surface area is 140 Å². The fraction of sp³-hybridized carbons (Fsp3) is 0.632. The molecule has 2 rings (SSSR count). The van der Waals surface area contributed by atoms with Crippen molar-refractivity contribution in [3.63, 3.8) is 0 Å². The number of hydrogen-bond donors (Lipinski definition) is 1. The largest absolute Gasteiger partial charge is 0.494 e. The lowest BCUT2D eigenvalue weighted by molar-refractivity contribution is -0.127. The number of piperidine rings is 1. The van der Waals surface area contributed by atoms with Crippen molar-refractivity contribution in [3.8, 4) is 5.75 Å². The van der Waals surface area contributed by atoms with Crippen LogP contribution in [0.1, 0.15) is 46.1 Å². The third-order valence-corrected chi connectivity index (χ3v) is 4.07. The summed E-state index contributed by atoms with van der Waals surface area (Å²) in [7, 11) is 0. The molecule has 4 nitrogen and oxygen atoms in total. The second kappa shape index (κ2) is 7.82. The van der Waals surface area contributed by atoms with E-state index in [0.29, 0.717) is 6.61 Å². The summed E-state index contributed by atoms with van der Waals surface area (Å²) in [6, 6.07) is 8.29. The standard InChI is InChI=1S/C19H30N2O2/c1-5-23-17-8-6-7-15(13-17)14-21-11-9-16(10-12-21)18(22)20-19(2,3)4/h6-8,13,16H,5,9-12,14H2,1-4H3,(H,20,22). The van der Waals surface area contributed by atoms with Crippen molar-refractivity contribution in [2.45, 2.75) is 52.6 Å². The number of nitrogens with one attached hydrogen (secondary N) is 1. The van der Waals surface area contributed by atoms with Crippen LogP contribution in [0.3, 0.4) is 0 Å². The summed E-state index contributed by atoms with van der Waals surface area (Å²) in [5.74, 6) is 1.29. The van der Waals surface area contributed by atoms with Crippen molar-refractivity contribution >= 4 is 5.91 Å². The van der Waals surface area contributed by atoms with E-state index in [4.69, 9.17) is 4.74 Å². The molecule has 23 heavy (non-hydrogen) atoms. The quantitative estimate of drug-likeness (QED) is 0.906. The lowest BCUT2D eigenvalue weighted by atomic mass is 9.94. The summed E-state index contributed by atoms with van der Waals surface area (Å²) < 4.78 is 5.56. The maximum atomic E-state index is 12.2. The van der Waals surface area contributed by atoms with Crippen molar-refractivity contribution in [2.24, 2.45) is 5.92 Å². The van der Waals surface area contributed by atoms with Gasteiger partial charge in [-0.25, -0.2) is 0 Å². The molecule has 1 aromatic rings. The molecule has 0 atom stereocenters. The zero-order valence-corrected chi connectivity index (χ0v) is 14.9. The van der Waals surface area contributed by atoms with Crippen LogP contribution in [0.2, 0.25) is 0 Å². The predicted molar refractivity (Wildman–Crippen MR) is 93.5 cm³/mol. The van der Waals surface area contributed by atoms with Crippen LogP contribution in [0.15, 0.2) is 24.3 Å². The number of likely N-dealkylation sites (tertiary alicyclic amines) is 1. The molecule has 1 fully saturated rings. The van der Waals surface area contributed by atoms with Gasteiger partial charge in [0.15, 0.2) is 0 Å². The number of amides is 1. The summed E-state index contributed by atoms with van der Waals surface area (Å²) in [5.41, 5.74) is 1.13. The van der Waals surface area contributed by atoms with E-state index in [1.54, 1.807) is 0 Å². The second-order valence-corrected chi connectivity index (χ2v) is 7.37. The van der Waals surface area contributed by atoms with Crippen LogP contribution in [-0.4, -0.2) is 36.0 Å². The van der Waals surface area contributed by atoms with Gasteiger partial charge in [0, 0.05) is 18.0 Å². The van der Waals surface area contributed by atoms with E-state index in [1.807, 2.05) is 39.8 Å². The number of nitrogens with zero attached hydrogens (tertiary/aromatic N) is 1. The van der Waals surface area contributed by atoms with Crippen molar-refractivity contribution in [1.29, 1.82) is 0 Å². The fourth-order valence-corrected chi connectivity index (χ4v) is 2.98. The molecule has 1 amide bonds. The summed E-state index contributed by atoms with van der Waals surface area (Å²) in [4.78, 5) is 14.7. The third kappa shape index (κ3) is 5.87. The Morgan fingerprint density at radius 3 is 2.61 bits per heavy atom. The Hall–Kier alpha value is -1.55. The van der Waals surface area contributed by atoms with Crippen molar-refractivity contribution in [1.82, 2.24) is 10.2 Å². The molecule has 0 unspecified atom stereocenters. The topological polar surface area (TPSA) is 41.6 Å².